The van der Waals surface area contributed by atoms with Crippen LogP contribution in [0.2, 0.25) is 0 Å². The van der Waals surface area contributed by atoms with Gasteiger partial charge >= 0.3 is 29.8 Å². The minimum absolute atomic E-state index is 0.0887. The van der Waals surface area contributed by atoms with Crippen molar-refractivity contribution >= 4 is 29.8 Å². The zero-order chi connectivity index (χ0) is 40.7. The largest absolute Gasteiger partial charge is 0.459 e. The molecule has 0 saturated carbocycles. The molecule has 1 fully saturated rings. The lowest BCUT2D eigenvalue weighted by molar-refractivity contribution is -0.282. The van der Waals surface area contributed by atoms with Crippen molar-refractivity contribution in [3.05, 3.63) is 179 Å². The molecule has 11 nitrogen and oxygen atoms in total. The summed E-state index contributed by atoms with van der Waals surface area (Å²) in [6.45, 7) is 1.47. The van der Waals surface area contributed by atoms with E-state index in [4.69, 9.17) is 28.4 Å². The minimum Gasteiger partial charge on any atom is -0.459 e. The van der Waals surface area contributed by atoms with Gasteiger partial charge in [-0.25, -0.2) is 24.0 Å². The van der Waals surface area contributed by atoms with Crippen LogP contribution in [0, 0.1) is 11.8 Å². The number of esters is 5. The summed E-state index contributed by atoms with van der Waals surface area (Å²) in [5.74, 6) is 1.83. The highest BCUT2D eigenvalue weighted by Crippen LogP contribution is 2.32. The van der Waals surface area contributed by atoms with Crippen LogP contribution in [-0.4, -0.2) is 67.2 Å². The molecule has 0 spiro atoms. The maximum Gasteiger partial charge on any atom is 0.341 e. The number of benzene rings is 5. The quantitative estimate of drug-likeness (QED) is 0.0504. The first-order valence-electron chi connectivity index (χ1n) is 18.8. The number of hydrogen-bond donors (Lipinski definition) is 0. The van der Waals surface area contributed by atoms with Gasteiger partial charge in [0.05, 0.1) is 27.8 Å². The van der Waals surface area contributed by atoms with Gasteiger partial charge in [-0.05, 0) is 67.1 Å². The molecule has 5 aromatic carbocycles. The lowest BCUT2D eigenvalue weighted by atomic mass is 9.97. The summed E-state index contributed by atoms with van der Waals surface area (Å²) in [6.07, 6.45) is -5.83. The third-order valence-corrected chi connectivity index (χ3v) is 8.99. The molecule has 0 radical (unpaired) electrons. The second-order valence-corrected chi connectivity index (χ2v) is 13.1. The Morgan fingerprint density at radius 2 is 0.966 bits per heavy atom. The second-order valence-electron chi connectivity index (χ2n) is 13.1. The highest BCUT2D eigenvalue weighted by Gasteiger charge is 2.54. The topological polar surface area (TPSA) is 141 Å². The highest BCUT2D eigenvalue weighted by molar-refractivity contribution is 5.93. The van der Waals surface area contributed by atoms with Crippen molar-refractivity contribution < 1.29 is 52.4 Å². The molecule has 0 aliphatic carbocycles. The zero-order valence-corrected chi connectivity index (χ0v) is 31.6. The molecular weight excluding hydrogens is 741 g/mol. The Bertz CT molecular complexity index is 2230. The van der Waals surface area contributed by atoms with Gasteiger partial charge in [0.2, 0.25) is 12.4 Å². The molecule has 1 unspecified atom stereocenters. The van der Waals surface area contributed by atoms with Crippen LogP contribution in [0.1, 0.15) is 83.5 Å². The smallest absolute Gasteiger partial charge is 0.341 e. The third-order valence-electron chi connectivity index (χ3n) is 8.99. The number of rotatable bonds is 13. The van der Waals surface area contributed by atoms with Gasteiger partial charge in [0.15, 0.2) is 12.2 Å². The Balaban J connectivity index is 1.43. The summed E-state index contributed by atoms with van der Waals surface area (Å²) in [4.78, 5) is 68.7. The molecule has 1 saturated heterocycles. The minimum atomic E-state index is -1.80. The van der Waals surface area contributed by atoms with Gasteiger partial charge < -0.3 is 28.4 Å². The van der Waals surface area contributed by atoms with Crippen molar-refractivity contribution in [2.24, 2.45) is 0 Å². The second kappa shape index (κ2) is 20.2. The van der Waals surface area contributed by atoms with Crippen LogP contribution in [0.5, 0.6) is 0 Å². The fourth-order valence-corrected chi connectivity index (χ4v) is 5.98. The SMILES string of the molecule is CCCCC#Cc1ccccc1C(=O)OC1O[C@H](COC(=O)c2ccccc2)[C@@H](OC(=O)c2ccccc2)[C@H](OC(=O)c2ccccc2)[C@H]1OC(=O)c1ccccc1. The summed E-state index contributed by atoms with van der Waals surface area (Å²) in [5, 5.41) is 0. The first-order chi connectivity index (χ1) is 28.3. The molecule has 0 aromatic heterocycles. The van der Waals surface area contributed by atoms with Crippen LogP contribution in [-0.2, 0) is 28.4 Å². The average Bonchev–Trinajstić information content (AvgIpc) is 3.27. The normalized spacial score (nSPS) is 18.3. The molecule has 294 valence electrons. The molecular formula is C47H40O11. The summed E-state index contributed by atoms with van der Waals surface area (Å²) < 4.78 is 36.1. The Morgan fingerprint density at radius 1 is 0.517 bits per heavy atom. The lowest BCUT2D eigenvalue weighted by Gasteiger charge is -2.43. The first kappa shape index (κ1) is 40.6. The summed E-state index contributed by atoms with van der Waals surface area (Å²) in [6, 6.07) is 38.6. The number of carbonyl (C=O) groups excluding carboxylic acids is 5. The van der Waals surface area contributed by atoms with Gasteiger partial charge in [0, 0.05) is 12.0 Å². The summed E-state index contributed by atoms with van der Waals surface area (Å²) >= 11 is 0. The van der Waals surface area contributed by atoms with E-state index in [2.05, 4.69) is 11.8 Å². The van der Waals surface area contributed by atoms with Gasteiger partial charge in [0.1, 0.15) is 12.7 Å². The van der Waals surface area contributed by atoms with Gasteiger partial charge in [-0.15, -0.1) is 0 Å². The number of carbonyl (C=O) groups is 5. The van der Waals surface area contributed by atoms with Crippen molar-refractivity contribution in [1.29, 1.82) is 0 Å². The fraction of sp³-hybridized carbons (Fsp3) is 0.213. The maximum absolute atomic E-state index is 14.1. The molecule has 0 amide bonds. The van der Waals surface area contributed by atoms with E-state index in [1.54, 1.807) is 103 Å². The fourth-order valence-electron chi connectivity index (χ4n) is 5.98. The maximum atomic E-state index is 14.1. The van der Waals surface area contributed by atoms with Gasteiger partial charge in [-0.3, -0.25) is 0 Å². The van der Waals surface area contributed by atoms with Crippen LogP contribution in [0.3, 0.4) is 0 Å². The Kier molecular flexibility index (Phi) is 14.2. The number of unbranched alkanes of at least 4 members (excludes halogenated alkanes) is 2. The molecule has 0 N–H and O–H groups in total. The van der Waals surface area contributed by atoms with Crippen LogP contribution in [0.25, 0.3) is 0 Å². The van der Waals surface area contributed by atoms with Crippen LogP contribution >= 0.6 is 0 Å². The van der Waals surface area contributed by atoms with Gasteiger partial charge in [0.25, 0.3) is 0 Å². The van der Waals surface area contributed by atoms with Crippen molar-refractivity contribution in [3.63, 3.8) is 0 Å². The van der Waals surface area contributed by atoms with Crippen LogP contribution in [0.15, 0.2) is 146 Å². The predicted molar refractivity (Wildman–Crippen MR) is 211 cm³/mol. The van der Waals surface area contributed by atoms with Crippen molar-refractivity contribution in [2.75, 3.05) is 6.61 Å². The monoisotopic (exact) mass is 780 g/mol. The van der Waals surface area contributed by atoms with E-state index in [-0.39, 0.29) is 27.8 Å². The van der Waals surface area contributed by atoms with E-state index in [1.807, 2.05) is 6.92 Å². The Morgan fingerprint density at radius 3 is 1.48 bits per heavy atom. The predicted octanol–water partition coefficient (Wildman–Crippen LogP) is 7.64. The molecule has 6 rings (SSSR count). The van der Waals surface area contributed by atoms with E-state index in [0.29, 0.717) is 12.0 Å². The van der Waals surface area contributed by atoms with Crippen molar-refractivity contribution in [2.45, 2.75) is 56.9 Å². The van der Waals surface area contributed by atoms with Gasteiger partial charge in [-0.1, -0.05) is 110 Å². The molecule has 5 aromatic rings. The van der Waals surface area contributed by atoms with E-state index in [1.165, 1.54) is 42.5 Å². The van der Waals surface area contributed by atoms with Crippen molar-refractivity contribution in [3.8, 4) is 11.8 Å². The van der Waals surface area contributed by atoms with E-state index in [9.17, 15) is 24.0 Å². The third kappa shape index (κ3) is 10.6. The van der Waals surface area contributed by atoms with Crippen molar-refractivity contribution in [1.82, 2.24) is 0 Å². The molecule has 1 aliphatic rings. The number of ether oxygens (including phenoxy) is 6. The molecule has 11 heteroatoms. The Hall–Kier alpha value is -7.03. The molecule has 0 bridgehead atoms. The molecule has 58 heavy (non-hydrogen) atoms. The zero-order valence-electron chi connectivity index (χ0n) is 31.6. The van der Waals surface area contributed by atoms with Crippen LogP contribution < -0.4 is 0 Å². The van der Waals surface area contributed by atoms with E-state index >= 15 is 0 Å². The average molecular weight is 781 g/mol. The van der Waals surface area contributed by atoms with Gasteiger partial charge in [-0.2, -0.15) is 0 Å². The Labute approximate surface area is 335 Å². The summed E-state index contributed by atoms with van der Waals surface area (Å²) in [5.41, 5.74) is 1.06. The van der Waals surface area contributed by atoms with E-state index < -0.39 is 67.2 Å². The molecule has 1 heterocycles. The number of hydrogen-bond acceptors (Lipinski definition) is 11. The standard InChI is InChI=1S/C47H40O11/c1-2-3-4-9-20-32-21-18-19-30-37(32)46(52)58-47-41(57-45(51)36-28-16-8-17-29-36)40(56-44(50)35-26-14-7-15-27-35)39(55-43(49)34-24-12-6-13-25-34)38(54-47)31-53-42(48)33-22-10-5-11-23-33/h5-8,10-19,21-30,38-41,47H,2-4,31H2,1H3/t38-,39-,40+,41-,47?/m1/s1. The highest BCUT2D eigenvalue weighted by atomic mass is 16.7. The molecule has 1 aliphatic heterocycles. The first-order valence-corrected chi connectivity index (χ1v) is 18.8. The summed E-state index contributed by atoms with van der Waals surface area (Å²) in [7, 11) is 0. The molecule has 5 atom stereocenters. The van der Waals surface area contributed by atoms with Crippen LogP contribution in [0.4, 0.5) is 0 Å². The lowest BCUT2D eigenvalue weighted by Crippen LogP contribution is -2.63. The van der Waals surface area contributed by atoms with E-state index in [0.717, 1.165) is 12.8 Å².